The molecule has 0 spiro atoms. The molecule has 1 fully saturated rings. The number of benzene rings is 1. The fourth-order valence-corrected chi connectivity index (χ4v) is 3.30. The van der Waals surface area contributed by atoms with Crippen LogP contribution in [-0.4, -0.2) is 24.1 Å². The summed E-state index contributed by atoms with van der Waals surface area (Å²) in [5.74, 6) is -0.678. The first-order valence-corrected chi connectivity index (χ1v) is 8.85. The van der Waals surface area contributed by atoms with Gasteiger partial charge >= 0.3 is 0 Å². The molecular formula is C20H25FN4. The van der Waals surface area contributed by atoms with E-state index in [0.717, 1.165) is 59.9 Å². The Morgan fingerprint density at radius 3 is 2.92 bits per heavy atom. The summed E-state index contributed by atoms with van der Waals surface area (Å²) in [4.78, 5) is 4.27. The molecule has 4 nitrogen and oxygen atoms in total. The number of piperidine rings is 1. The average Bonchev–Trinajstić information content (AvgIpc) is 2.62. The van der Waals surface area contributed by atoms with Crippen molar-refractivity contribution in [1.82, 2.24) is 10.3 Å². The van der Waals surface area contributed by atoms with E-state index in [1.807, 2.05) is 25.3 Å². The van der Waals surface area contributed by atoms with Crippen molar-refractivity contribution >= 4 is 22.0 Å². The first kappa shape index (κ1) is 17.4. The van der Waals surface area contributed by atoms with Crippen molar-refractivity contribution in [2.45, 2.75) is 32.2 Å². The number of nitrogens with zero attached hydrogens (tertiary/aromatic N) is 1. The highest BCUT2D eigenvalue weighted by atomic mass is 19.1. The van der Waals surface area contributed by atoms with E-state index in [-0.39, 0.29) is 0 Å². The van der Waals surface area contributed by atoms with E-state index in [0.29, 0.717) is 6.04 Å². The summed E-state index contributed by atoms with van der Waals surface area (Å²) in [6.45, 7) is 4.08. The van der Waals surface area contributed by atoms with Gasteiger partial charge in [-0.25, -0.2) is 0 Å². The van der Waals surface area contributed by atoms with E-state index in [1.165, 1.54) is 6.08 Å². The molecule has 1 aromatic heterocycles. The van der Waals surface area contributed by atoms with Crippen LogP contribution in [0.2, 0.25) is 0 Å². The van der Waals surface area contributed by atoms with Crippen molar-refractivity contribution in [3.05, 3.63) is 54.3 Å². The van der Waals surface area contributed by atoms with Crippen LogP contribution in [0.1, 0.15) is 31.7 Å². The van der Waals surface area contributed by atoms with Gasteiger partial charge in [0.25, 0.3) is 0 Å². The van der Waals surface area contributed by atoms with Crippen molar-refractivity contribution in [2.75, 3.05) is 18.4 Å². The molecule has 4 N–H and O–H groups in total. The second-order valence-electron chi connectivity index (χ2n) is 6.39. The predicted molar refractivity (Wildman–Crippen MR) is 103 cm³/mol. The lowest BCUT2D eigenvalue weighted by atomic mass is 9.98. The molecule has 0 bridgehead atoms. The minimum atomic E-state index is -0.678. The normalized spacial score (nSPS) is 17.0. The van der Waals surface area contributed by atoms with Gasteiger partial charge in [0.2, 0.25) is 0 Å². The van der Waals surface area contributed by atoms with Gasteiger partial charge in [-0.05, 0) is 73.1 Å². The Balaban J connectivity index is 2.04. The summed E-state index contributed by atoms with van der Waals surface area (Å²) in [6, 6.07) is 6.55. The molecule has 1 aliphatic heterocycles. The van der Waals surface area contributed by atoms with Crippen molar-refractivity contribution in [3.63, 3.8) is 0 Å². The molecule has 3 rings (SSSR count). The highest BCUT2D eigenvalue weighted by molar-refractivity contribution is 5.97. The van der Waals surface area contributed by atoms with Crippen molar-refractivity contribution in [1.29, 1.82) is 0 Å². The van der Waals surface area contributed by atoms with Gasteiger partial charge in [-0.15, -0.1) is 0 Å². The van der Waals surface area contributed by atoms with Gasteiger partial charge in [-0.1, -0.05) is 13.0 Å². The number of pyridine rings is 1. The Labute approximate surface area is 148 Å². The highest BCUT2D eigenvalue weighted by Crippen LogP contribution is 2.30. The van der Waals surface area contributed by atoms with Gasteiger partial charge in [0.05, 0.1) is 0 Å². The summed E-state index contributed by atoms with van der Waals surface area (Å²) >= 11 is 0. The van der Waals surface area contributed by atoms with Crippen LogP contribution >= 0.6 is 0 Å². The minimum absolute atomic E-state index is 0.431. The van der Waals surface area contributed by atoms with Crippen molar-refractivity contribution in [2.24, 2.45) is 5.73 Å². The molecular weight excluding hydrogens is 315 g/mol. The van der Waals surface area contributed by atoms with Crippen LogP contribution in [0.15, 0.2) is 48.7 Å². The average molecular weight is 340 g/mol. The van der Waals surface area contributed by atoms with Gasteiger partial charge in [0.15, 0.2) is 5.95 Å². The zero-order valence-electron chi connectivity index (χ0n) is 14.6. The van der Waals surface area contributed by atoms with Gasteiger partial charge in [-0.3, -0.25) is 4.98 Å². The molecule has 0 unspecified atom stereocenters. The van der Waals surface area contributed by atoms with E-state index in [4.69, 9.17) is 5.73 Å². The van der Waals surface area contributed by atoms with E-state index >= 15 is 0 Å². The SMILES string of the molecule is CC/C=C(\C=C(/N)F)c1cc(NC2CCNCC2)c2cnccc2c1. The smallest absolute Gasteiger partial charge is 0.185 e. The molecule has 0 saturated carbocycles. The molecule has 0 radical (unpaired) electrons. The second-order valence-corrected chi connectivity index (χ2v) is 6.39. The Morgan fingerprint density at radius 2 is 2.20 bits per heavy atom. The van der Waals surface area contributed by atoms with Gasteiger partial charge in [0, 0.05) is 29.5 Å². The van der Waals surface area contributed by atoms with Crippen LogP contribution in [0.4, 0.5) is 10.1 Å². The quantitative estimate of drug-likeness (QED) is 0.569. The van der Waals surface area contributed by atoms with Gasteiger partial charge < -0.3 is 16.4 Å². The lowest BCUT2D eigenvalue weighted by molar-refractivity contribution is 0.479. The zero-order chi connectivity index (χ0) is 17.6. The molecule has 2 heterocycles. The number of hydrogen-bond acceptors (Lipinski definition) is 4. The Morgan fingerprint density at radius 1 is 1.40 bits per heavy atom. The van der Waals surface area contributed by atoms with Crippen LogP contribution in [0, 0.1) is 0 Å². The number of allylic oxidation sites excluding steroid dienone is 3. The lowest BCUT2D eigenvalue weighted by Gasteiger charge is -2.25. The molecule has 132 valence electrons. The summed E-state index contributed by atoms with van der Waals surface area (Å²) < 4.78 is 13.3. The summed E-state index contributed by atoms with van der Waals surface area (Å²) in [7, 11) is 0. The van der Waals surface area contributed by atoms with Crippen LogP contribution < -0.4 is 16.4 Å². The number of hydrogen-bond donors (Lipinski definition) is 3. The second kappa shape index (κ2) is 8.12. The number of fused-ring (bicyclic) bond motifs is 1. The maximum atomic E-state index is 13.3. The molecule has 0 amide bonds. The maximum absolute atomic E-state index is 13.3. The van der Waals surface area contributed by atoms with Crippen LogP contribution in [0.5, 0.6) is 0 Å². The minimum Gasteiger partial charge on any atom is -0.382 e. The van der Waals surface area contributed by atoms with Crippen LogP contribution in [0.3, 0.4) is 0 Å². The number of rotatable bonds is 5. The van der Waals surface area contributed by atoms with E-state index in [2.05, 4.69) is 27.8 Å². The maximum Gasteiger partial charge on any atom is 0.185 e. The first-order valence-electron chi connectivity index (χ1n) is 8.85. The standard InChI is InChI=1S/C20H25FN4/c1-2-3-14(12-20(21)22)16-10-15-4-7-24-13-18(15)19(11-16)25-17-5-8-23-9-6-17/h3-4,7,10-13,17,23,25H,2,5-6,8-9,22H2,1H3/b14-3+,20-12-. The Bertz CT molecular complexity index is 787. The Hall–Kier alpha value is -2.40. The topological polar surface area (TPSA) is 63.0 Å². The van der Waals surface area contributed by atoms with Crippen LogP contribution in [-0.2, 0) is 0 Å². The van der Waals surface area contributed by atoms with E-state index in [9.17, 15) is 4.39 Å². The molecule has 25 heavy (non-hydrogen) atoms. The monoisotopic (exact) mass is 340 g/mol. The molecule has 0 aliphatic carbocycles. The molecule has 5 heteroatoms. The predicted octanol–water partition coefficient (Wildman–Crippen LogP) is 3.96. The third-order valence-corrected chi connectivity index (χ3v) is 4.51. The van der Waals surface area contributed by atoms with Crippen molar-refractivity contribution < 1.29 is 4.39 Å². The van der Waals surface area contributed by atoms with Gasteiger partial charge in [0.1, 0.15) is 0 Å². The Kier molecular flexibility index (Phi) is 5.66. The summed E-state index contributed by atoms with van der Waals surface area (Å²) in [5.41, 5.74) is 8.08. The van der Waals surface area contributed by atoms with E-state index < -0.39 is 5.95 Å². The number of nitrogens with two attached hydrogens (primary N) is 1. The molecule has 1 saturated heterocycles. The lowest BCUT2D eigenvalue weighted by Crippen LogP contribution is -2.35. The van der Waals surface area contributed by atoms with Crippen LogP contribution in [0.25, 0.3) is 16.3 Å². The van der Waals surface area contributed by atoms with Gasteiger partial charge in [-0.2, -0.15) is 4.39 Å². The number of nitrogens with one attached hydrogen (secondary N) is 2. The number of aromatic nitrogens is 1. The zero-order valence-corrected chi connectivity index (χ0v) is 14.6. The fourth-order valence-electron chi connectivity index (χ4n) is 3.30. The van der Waals surface area contributed by atoms with E-state index in [1.54, 1.807) is 6.20 Å². The third-order valence-electron chi connectivity index (χ3n) is 4.51. The summed E-state index contributed by atoms with van der Waals surface area (Å²) in [5, 5.41) is 9.20. The fraction of sp³-hybridized carbons (Fsp3) is 0.350. The third kappa shape index (κ3) is 4.37. The number of halogens is 1. The number of anilines is 1. The summed E-state index contributed by atoms with van der Waals surface area (Å²) in [6.07, 6.45) is 10.0. The highest BCUT2D eigenvalue weighted by Gasteiger charge is 2.15. The molecule has 0 atom stereocenters. The largest absolute Gasteiger partial charge is 0.382 e. The molecule has 1 aliphatic rings. The molecule has 1 aromatic carbocycles. The van der Waals surface area contributed by atoms with Crippen molar-refractivity contribution in [3.8, 4) is 0 Å². The molecule has 2 aromatic rings. The first-order chi connectivity index (χ1) is 12.2.